The molecule has 0 aliphatic carbocycles. The van der Waals surface area contributed by atoms with E-state index >= 15 is 0 Å². The van der Waals surface area contributed by atoms with Crippen molar-refractivity contribution in [2.75, 3.05) is 26.3 Å². The van der Waals surface area contributed by atoms with E-state index in [9.17, 15) is 10.2 Å². The quantitative estimate of drug-likeness (QED) is 0.725. The van der Waals surface area contributed by atoms with Gasteiger partial charge in [0.05, 0.1) is 30.5 Å². The van der Waals surface area contributed by atoms with Crippen LogP contribution >= 0.6 is 0 Å². The number of benzene rings is 1. The number of likely N-dealkylation sites (tertiary alicyclic amines) is 1. The van der Waals surface area contributed by atoms with Crippen molar-refractivity contribution in [2.24, 2.45) is 0 Å². The monoisotopic (exact) mass is 349 g/mol. The van der Waals surface area contributed by atoms with Crippen LogP contribution in [-0.4, -0.2) is 71.9 Å². The van der Waals surface area contributed by atoms with Gasteiger partial charge in [0.25, 0.3) is 0 Å². The minimum absolute atomic E-state index is 0.0357. The standard InChI is InChI=1S/C18H28BNO5/c1-17(2)18(3,4)25-19(24-17)13-5-7-15(8-6-13)23-16-9-20(10-16)14(11-21)12-22/h5-8,14,16,21-22H,9-12H2,1-4H3. The Kier molecular flexibility index (Phi) is 5.15. The zero-order valence-electron chi connectivity index (χ0n) is 15.4. The van der Waals surface area contributed by atoms with Crippen molar-refractivity contribution in [3.8, 4) is 5.75 Å². The Bertz CT molecular complexity index is 566. The maximum absolute atomic E-state index is 9.18. The summed E-state index contributed by atoms with van der Waals surface area (Å²) in [4.78, 5) is 2.02. The van der Waals surface area contributed by atoms with Gasteiger partial charge in [0, 0.05) is 13.1 Å². The van der Waals surface area contributed by atoms with E-state index in [1.807, 2.05) is 56.9 Å². The second-order valence-corrected chi connectivity index (χ2v) is 7.87. The smallest absolute Gasteiger partial charge is 0.488 e. The lowest BCUT2D eigenvalue weighted by atomic mass is 9.79. The zero-order chi connectivity index (χ0) is 18.2. The second kappa shape index (κ2) is 6.89. The van der Waals surface area contributed by atoms with Gasteiger partial charge in [-0.3, -0.25) is 4.90 Å². The van der Waals surface area contributed by atoms with Crippen molar-refractivity contribution in [3.05, 3.63) is 24.3 Å². The molecule has 2 heterocycles. The van der Waals surface area contributed by atoms with E-state index in [-0.39, 0.29) is 43.7 Å². The third-order valence-electron chi connectivity index (χ3n) is 5.52. The second-order valence-electron chi connectivity index (χ2n) is 7.87. The lowest BCUT2D eigenvalue weighted by Crippen LogP contribution is -2.59. The highest BCUT2D eigenvalue weighted by Crippen LogP contribution is 2.36. The minimum atomic E-state index is -0.367. The highest BCUT2D eigenvalue weighted by molar-refractivity contribution is 6.62. The number of ether oxygens (including phenoxy) is 1. The van der Waals surface area contributed by atoms with Crippen LogP contribution in [0.3, 0.4) is 0 Å². The highest BCUT2D eigenvalue weighted by Gasteiger charge is 2.51. The fraction of sp³-hybridized carbons (Fsp3) is 0.667. The fourth-order valence-corrected chi connectivity index (χ4v) is 3.01. The first-order chi connectivity index (χ1) is 11.8. The van der Waals surface area contributed by atoms with Gasteiger partial charge in [-0.15, -0.1) is 0 Å². The molecule has 0 amide bonds. The molecule has 6 nitrogen and oxygen atoms in total. The zero-order valence-corrected chi connectivity index (χ0v) is 15.4. The molecule has 1 aromatic rings. The minimum Gasteiger partial charge on any atom is -0.488 e. The SMILES string of the molecule is CC1(C)OB(c2ccc(OC3CN(C(CO)CO)C3)cc2)OC1(C)C. The molecular formula is C18H28BNO5. The first-order valence-electron chi connectivity index (χ1n) is 8.84. The molecule has 25 heavy (non-hydrogen) atoms. The Morgan fingerprint density at radius 3 is 2.08 bits per heavy atom. The molecule has 0 saturated carbocycles. The van der Waals surface area contributed by atoms with Crippen LogP contribution < -0.4 is 10.2 Å². The van der Waals surface area contributed by atoms with Crippen LogP contribution in [-0.2, 0) is 9.31 Å². The van der Waals surface area contributed by atoms with E-state index < -0.39 is 0 Å². The molecule has 0 radical (unpaired) electrons. The lowest BCUT2D eigenvalue weighted by Gasteiger charge is -2.42. The van der Waals surface area contributed by atoms with Crippen LogP contribution in [0.1, 0.15) is 27.7 Å². The molecule has 0 atom stereocenters. The molecule has 2 N–H and O–H groups in total. The van der Waals surface area contributed by atoms with E-state index in [0.29, 0.717) is 13.1 Å². The van der Waals surface area contributed by atoms with Crippen molar-refractivity contribution in [2.45, 2.75) is 51.0 Å². The molecule has 2 aliphatic rings. The molecule has 0 unspecified atom stereocenters. The summed E-state index contributed by atoms with van der Waals surface area (Å²) in [6, 6.07) is 7.61. The van der Waals surface area contributed by atoms with Crippen molar-refractivity contribution >= 4 is 12.6 Å². The van der Waals surface area contributed by atoms with Crippen molar-refractivity contribution < 1.29 is 24.3 Å². The highest BCUT2D eigenvalue weighted by atomic mass is 16.7. The molecule has 2 saturated heterocycles. The number of aliphatic hydroxyl groups excluding tert-OH is 2. The molecule has 0 spiro atoms. The summed E-state index contributed by atoms with van der Waals surface area (Å²) in [6.07, 6.45) is 0.0864. The number of hydrogen-bond donors (Lipinski definition) is 2. The van der Waals surface area contributed by atoms with Crippen LogP contribution in [0.2, 0.25) is 0 Å². The van der Waals surface area contributed by atoms with Crippen molar-refractivity contribution in [1.82, 2.24) is 4.90 Å². The van der Waals surface area contributed by atoms with E-state index in [1.165, 1.54) is 0 Å². The average molecular weight is 349 g/mol. The summed E-state index contributed by atoms with van der Waals surface area (Å²) in [5, 5.41) is 18.4. The molecule has 0 aromatic heterocycles. The number of aliphatic hydroxyl groups is 2. The van der Waals surface area contributed by atoms with Gasteiger partial charge in [-0.2, -0.15) is 0 Å². The van der Waals surface area contributed by atoms with Gasteiger partial charge < -0.3 is 24.3 Å². The molecule has 138 valence electrons. The first kappa shape index (κ1) is 18.7. The normalized spacial score (nSPS) is 23.1. The van der Waals surface area contributed by atoms with Gasteiger partial charge >= 0.3 is 7.12 Å². The van der Waals surface area contributed by atoms with Gasteiger partial charge in [-0.1, -0.05) is 12.1 Å². The number of nitrogens with zero attached hydrogens (tertiary/aromatic N) is 1. The summed E-state index contributed by atoms with van der Waals surface area (Å²) >= 11 is 0. The molecule has 2 fully saturated rings. The molecule has 3 rings (SSSR count). The Labute approximate surface area is 149 Å². The summed E-state index contributed by atoms with van der Waals surface area (Å²) in [5.41, 5.74) is 0.276. The van der Waals surface area contributed by atoms with Gasteiger partial charge in [0.1, 0.15) is 11.9 Å². The topological polar surface area (TPSA) is 71.4 Å². The van der Waals surface area contributed by atoms with Crippen LogP contribution in [0.25, 0.3) is 0 Å². The van der Waals surface area contributed by atoms with Gasteiger partial charge in [0.15, 0.2) is 0 Å². The van der Waals surface area contributed by atoms with E-state index in [4.69, 9.17) is 14.0 Å². The van der Waals surface area contributed by atoms with Gasteiger partial charge in [-0.25, -0.2) is 0 Å². The van der Waals surface area contributed by atoms with Gasteiger partial charge in [0.2, 0.25) is 0 Å². The molecular weight excluding hydrogens is 321 g/mol. The van der Waals surface area contributed by atoms with E-state index in [0.717, 1.165) is 11.2 Å². The van der Waals surface area contributed by atoms with Crippen molar-refractivity contribution in [1.29, 1.82) is 0 Å². The summed E-state index contributed by atoms with van der Waals surface area (Å²) in [6.45, 7) is 9.52. The van der Waals surface area contributed by atoms with Crippen LogP contribution in [0.4, 0.5) is 0 Å². The Hall–Kier alpha value is -1.12. The maximum atomic E-state index is 9.18. The lowest BCUT2D eigenvalue weighted by molar-refractivity contribution is -0.0396. The fourth-order valence-electron chi connectivity index (χ4n) is 3.01. The molecule has 1 aromatic carbocycles. The summed E-state index contributed by atoms with van der Waals surface area (Å²) in [7, 11) is -0.367. The molecule has 0 bridgehead atoms. The third-order valence-corrected chi connectivity index (χ3v) is 5.52. The Morgan fingerprint density at radius 1 is 1.08 bits per heavy atom. The largest absolute Gasteiger partial charge is 0.494 e. The van der Waals surface area contributed by atoms with Crippen molar-refractivity contribution in [3.63, 3.8) is 0 Å². The molecule has 2 aliphatic heterocycles. The predicted octanol–water partition coefficient (Wildman–Crippen LogP) is 0.402. The Balaban J connectivity index is 1.54. The average Bonchev–Trinajstić information content (AvgIpc) is 2.74. The van der Waals surface area contributed by atoms with E-state index in [2.05, 4.69) is 0 Å². The summed E-state index contributed by atoms with van der Waals surface area (Å²) < 4.78 is 18.0. The maximum Gasteiger partial charge on any atom is 0.494 e. The predicted molar refractivity (Wildman–Crippen MR) is 96.1 cm³/mol. The summed E-state index contributed by atoms with van der Waals surface area (Å²) in [5.74, 6) is 0.800. The van der Waals surface area contributed by atoms with Crippen LogP contribution in [0.15, 0.2) is 24.3 Å². The number of rotatable bonds is 6. The first-order valence-corrected chi connectivity index (χ1v) is 8.84. The van der Waals surface area contributed by atoms with Gasteiger partial charge in [-0.05, 0) is 45.3 Å². The van der Waals surface area contributed by atoms with Crippen LogP contribution in [0.5, 0.6) is 5.75 Å². The Morgan fingerprint density at radius 2 is 1.60 bits per heavy atom. The third kappa shape index (κ3) is 3.71. The van der Waals surface area contributed by atoms with Crippen LogP contribution in [0, 0.1) is 0 Å². The van der Waals surface area contributed by atoms with E-state index in [1.54, 1.807) is 0 Å². The number of hydrogen-bond acceptors (Lipinski definition) is 6. The molecule has 7 heteroatoms.